The van der Waals surface area contributed by atoms with Crippen molar-refractivity contribution in [2.75, 3.05) is 6.61 Å². The van der Waals surface area contributed by atoms with Gasteiger partial charge in [-0.05, 0) is 30.5 Å². The minimum atomic E-state index is -0.370. The number of hydrogen-bond acceptors (Lipinski definition) is 3. The fraction of sp³-hybridized carbons (Fsp3) is 0.190. The molecule has 0 spiro atoms. The highest BCUT2D eigenvalue weighted by atomic mass is 19.1. The monoisotopic (exact) mass is 353 g/mol. The van der Waals surface area contributed by atoms with Crippen molar-refractivity contribution < 1.29 is 14.2 Å². The molecule has 4 nitrogen and oxygen atoms in total. The number of halogens is 1. The van der Waals surface area contributed by atoms with Crippen LogP contribution >= 0.6 is 0 Å². The minimum absolute atomic E-state index is 0.221. The Bertz CT molecular complexity index is 965. The van der Waals surface area contributed by atoms with E-state index in [0.29, 0.717) is 36.3 Å². The summed E-state index contributed by atoms with van der Waals surface area (Å²) >= 11 is 0. The predicted octanol–water partition coefficient (Wildman–Crippen LogP) is 3.91. The summed E-state index contributed by atoms with van der Waals surface area (Å²) in [4.78, 5) is 12.0. The molecule has 26 heavy (non-hydrogen) atoms. The van der Waals surface area contributed by atoms with E-state index in [4.69, 9.17) is 4.74 Å². The summed E-state index contributed by atoms with van der Waals surface area (Å²) in [6.45, 7) is 0.350. The van der Waals surface area contributed by atoms with Gasteiger partial charge in [-0.2, -0.15) is 0 Å². The first kappa shape index (κ1) is 17.7. The summed E-state index contributed by atoms with van der Waals surface area (Å²) in [6, 6.07) is 14.9. The normalized spacial score (nSPS) is 10.7. The van der Waals surface area contributed by atoms with Crippen LogP contribution in [-0.2, 0) is 13.5 Å². The van der Waals surface area contributed by atoms with Crippen molar-refractivity contribution >= 4 is 0 Å². The molecule has 0 aliphatic heterocycles. The molecule has 5 heteroatoms. The van der Waals surface area contributed by atoms with E-state index in [1.54, 1.807) is 43.6 Å². The number of aromatic nitrogens is 1. The number of phenolic OH excluding ortho intramolecular Hbond substituents is 1. The minimum Gasteiger partial charge on any atom is -0.508 e. The molecule has 134 valence electrons. The third-order valence-corrected chi connectivity index (χ3v) is 4.19. The van der Waals surface area contributed by atoms with E-state index < -0.39 is 0 Å². The maximum atomic E-state index is 14.2. The molecule has 1 heterocycles. The SMILES string of the molecule is Cn1cc(-c2ccccc2F)c(OCCCc2ccccc2O)cc1=O. The van der Waals surface area contributed by atoms with Gasteiger partial charge in [0.05, 0.1) is 6.61 Å². The summed E-state index contributed by atoms with van der Waals surface area (Å²) in [5.41, 5.74) is 1.54. The second-order valence-corrected chi connectivity index (χ2v) is 6.06. The molecule has 0 amide bonds. The van der Waals surface area contributed by atoms with Crippen molar-refractivity contribution in [3.63, 3.8) is 0 Å². The van der Waals surface area contributed by atoms with Gasteiger partial charge >= 0.3 is 0 Å². The first-order valence-electron chi connectivity index (χ1n) is 8.41. The second kappa shape index (κ2) is 7.87. The Hall–Kier alpha value is -3.08. The van der Waals surface area contributed by atoms with Crippen molar-refractivity contribution in [3.05, 3.63) is 82.5 Å². The highest BCUT2D eigenvalue weighted by molar-refractivity contribution is 5.69. The number of para-hydroxylation sites is 1. The van der Waals surface area contributed by atoms with Gasteiger partial charge in [0.2, 0.25) is 0 Å². The number of benzene rings is 2. The summed E-state index contributed by atoms with van der Waals surface area (Å²) in [7, 11) is 1.62. The van der Waals surface area contributed by atoms with Gasteiger partial charge in [0.25, 0.3) is 5.56 Å². The Morgan fingerprint density at radius 2 is 1.81 bits per heavy atom. The molecule has 0 fully saturated rings. The molecule has 1 N–H and O–H groups in total. The van der Waals surface area contributed by atoms with Crippen molar-refractivity contribution in [1.29, 1.82) is 0 Å². The van der Waals surface area contributed by atoms with E-state index in [9.17, 15) is 14.3 Å². The molecule has 0 bridgehead atoms. The topological polar surface area (TPSA) is 51.5 Å². The molecule has 3 rings (SSSR count). The van der Waals surface area contributed by atoms with Gasteiger partial charge in [-0.15, -0.1) is 0 Å². The quantitative estimate of drug-likeness (QED) is 0.684. The Balaban J connectivity index is 1.77. The molecular formula is C21H20FNO3. The van der Waals surface area contributed by atoms with E-state index in [1.807, 2.05) is 12.1 Å². The maximum absolute atomic E-state index is 14.2. The van der Waals surface area contributed by atoms with E-state index in [-0.39, 0.29) is 17.1 Å². The van der Waals surface area contributed by atoms with Gasteiger partial charge in [0.1, 0.15) is 17.3 Å². The molecule has 0 atom stereocenters. The van der Waals surface area contributed by atoms with Crippen LogP contribution in [0.4, 0.5) is 4.39 Å². The van der Waals surface area contributed by atoms with Gasteiger partial charge in [-0.1, -0.05) is 36.4 Å². The fourth-order valence-corrected chi connectivity index (χ4v) is 2.78. The molecule has 1 aromatic heterocycles. The number of aryl methyl sites for hydroxylation is 2. The second-order valence-electron chi connectivity index (χ2n) is 6.06. The van der Waals surface area contributed by atoms with Gasteiger partial charge in [0, 0.05) is 30.4 Å². The van der Waals surface area contributed by atoms with Crippen LogP contribution in [0.5, 0.6) is 11.5 Å². The van der Waals surface area contributed by atoms with Crippen LogP contribution in [0.25, 0.3) is 11.1 Å². The van der Waals surface area contributed by atoms with E-state index in [2.05, 4.69) is 0 Å². The molecule has 0 radical (unpaired) electrons. The first-order chi connectivity index (χ1) is 12.6. The van der Waals surface area contributed by atoms with E-state index in [0.717, 1.165) is 5.56 Å². The van der Waals surface area contributed by atoms with Gasteiger partial charge < -0.3 is 14.4 Å². The average Bonchev–Trinajstić information content (AvgIpc) is 2.63. The zero-order valence-corrected chi connectivity index (χ0v) is 14.5. The number of aromatic hydroxyl groups is 1. The molecule has 0 aliphatic carbocycles. The standard InChI is InChI=1S/C21H20FNO3/c1-23-14-17(16-9-3-4-10-18(16)22)20(13-21(23)25)26-12-6-8-15-7-2-5-11-19(15)24/h2-5,7,9-11,13-14,24H,6,8,12H2,1H3. The fourth-order valence-electron chi connectivity index (χ4n) is 2.78. The van der Waals surface area contributed by atoms with Crippen LogP contribution in [0.15, 0.2) is 65.6 Å². The van der Waals surface area contributed by atoms with Gasteiger partial charge in [-0.25, -0.2) is 4.39 Å². The number of nitrogens with zero attached hydrogens (tertiary/aromatic N) is 1. The molecule has 0 aliphatic rings. The highest BCUT2D eigenvalue weighted by Crippen LogP contribution is 2.30. The summed E-state index contributed by atoms with van der Waals surface area (Å²) in [5.74, 6) is 0.244. The number of rotatable bonds is 6. The third-order valence-electron chi connectivity index (χ3n) is 4.19. The first-order valence-corrected chi connectivity index (χ1v) is 8.41. The lowest BCUT2D eigenvalue weighted by Crippen LogP contribution is -2.16. The van der Waals surface area contributed by atoms with Crippen LogP contribution in [0.2, 0.25) is 0 Å². The zero-order chi connectivity index (χ0) is 18.5. The summed E-state index contributed by atoms with van der Waals surface area (Å²) in [5, 5.41) is 9.79. The van der Waals surface area contributed by atoms with Crippen LogP contribution in [0, 0.1) is 5.82 Å². The molecule has 0 unspecified atom stereocenters. The highest BCUT2D eigenvalue weighted by Gasteiger charge is 2.13. The van der Waals surface area contributed by atoms with Crippen LogP contribution in [-0.4, -0.2) is 16.3 Å². The Morgan fingerprint density at radius 3 is 2.58 bits per heavy atom. The number of pyridine rings is 1. The Morgan fingerprint density at radius 1 is 1.08 bits per heavy atom. The lowest BCUT2D eigenvalue weighted by atomic mass is 10.1. The number of hydrogen-bond donors (Lipinski definition) is 1. The third kappa shape index (κ3) is 3.94. The van der Waals surface area contributed by atoms with Crippen LogP contribution in [0.3, 0.4) is 0 Å². The largest absolute Gasteiger partial charge is 0.508 e. The van der Waals surface area contributed by atoms with Crippen molar-refractivity contribution in [2.45, 2.75) is 12.8 Å². The van der Waals surface area contributed by atoms with Crippen molar-refractivity contribution in [3.8, 4) is 22.6 Å². The van der Waals surface area contributed by atoms with Gasteiger partial charge in [0.15, 0.2) is 0 Å². The number of phenols is 1. The van der Waals surface area contributed by atoms with Gasteiger partial charge in [-0.3, -0.25) is 4.79 Å². The molecular weight excluding hydrogens is 333 g/mol. The molecule has 0 saturated carbocycles. The molecule has 0 saturated heterocycles. The zero-order valence-electron chi connectivity index (χ0n) is 14.5. The number of ether oxygens (including phenoxy) is 1. The molecule has 2 aromatic carbocycles. The lowest BCUT2D eigenvalue weighted by Gasteiger charge is -2.13. The predicted molar refractivity (Wildman–Crippen MR) is 99.0 cm³/mol. The van der Waals surface area contributed by atoms with E-state index >= 15 is 0 Å². The van der Waals surface area contributed by atoms with E-state index in [1.165, 1.54) is 16.7 Å². The van der Waals surface area contributed by atoms with Crippen LogP contribution < -0.4 is 10.3 Å². The summed E-state index contributed by atoms with van der Waals surface area (Å²) in [6.07, 6.45) is 2.88. The molecule has 3 aromatic rings. The maximum Gasteiger partial charge on any atom is 0.254 e. The van der Waals surface area contributed by atoms with Crippen LogP contribution in [0.1, 0.15) is 12.0 Å². The smallest absolute Gasteiger partial charge is 0.254 e. The average molecular weight is 353 g/mol. The van der Waals surface area contributed by atoms with Crippen molar-refractivity contribution in [2.24, 2.45) is 7.05 Å². The Labute approximate surface area is 151 Å². The summed E-state index contributed by atoms with van der Waals surface area (Å²) < 4.78 is 21.4. The Kier molecular flexibility index (Phi) is 5.37. The lowest BCUT2D eigenvalue weighted by molar-refractivity contribution is 0.310. The van der Waals surface area contributed by atoms with Crippen molar-refractivity contribution in [1.82, 2.24) is 4.57 Å².